The van der Waals surface area contributed by atoms with Gasteiger partial charge in [-0.25, -0.2) is 0 Å². The SMILES string of the molecule is Cc1cc(C)n(CCCNc2ccc(N)cc2C#N)n1. The lowest BCUT2D eigenvalue weighted by molar-refractivity contribution is 0.574. The van der Waals surface area contributed by atoms with Gasteiger partial charge in [0.25, 0.3) is 0 Å². The highest BCUT2D eigenvalue weighted by atomic mass is 15.3. The van der Waals surface area contributed by atoms with E-state index in [0.29, 0.717) is 11.3 Å². The number of aryl methyl sites for hydroxylation is 3. The molecule has 0 aliphatic heterocycles. The topological polar surface area (TPSA) is 79.7 Å². The Kier molecular flexibility index (Phi) is 4.26. The van der Waals surface area contributed by atoms with E-state index < -0.39 is 0 Å². The highest BCUT2D eigenvalue weighted by Gasteiger charge is 2.03. The average Bonchev–Trinajstić information content (AvgIpc) is 2.74. The van der Waals surface area contributed by atoms with Crippen LogP contribution in [0.1, 0.15) is 23.4 Å². The predicted octanol–water partition coefficient (Wildman–Crippen LogP) is 2.46. The number of hydrogen-bond acceptors (Lipinski definition) is 4. The molecule has 0 fully saturated rings. The lowest BCUT2D eigenvalue weighted by atomic mass is 10.1. The Bertz CT molecular complexity index is 636. The molecule has 0 amide bonds. The number of hydrogen-bond donors (Lipinski definition) is 2. The Labute approximate surface area is 119 Å². The molecule has 0 unspecified atom stereocenters. The summed E-state index contributed by atoms with van der Waals surface area (Å²) in [7, 11) is 0. The van der Waals surface area contributed by atoms with E-state index in [9.17, 15) is 0 Å². The van der Waals surface area contributed by atoms with Gasteiger partial charge in [0.1, 0.15) is 6.07 Å². The summed E-state index contributed by atoms with van der Waals surface area (Å²) < 4.78 is 2.01. The van der Waals surface area contributed by atoms with Crippen molar-refractivity contribution in [3.05, 3.63) is 41.2 Å². The highest BCUT2D eigenvalue weighted by molar-refractivity contribution is 5.62. The summed E-state index contributed by atoms with van der Waals surface area (Å²) in [6, 6.07) is 9.54. The lowest BCUT2D eigenvalue weighted by Gasteiger charge is -2.09. The molecule has 0 spiro atoms. The van der Waals surface area contributed by atoms with Crippen LogP contribution in [-0.2, 0) is 6.54 Å². The second-order valence-corrected chi connectivity index (χ2v) is 4.85. The first-order valence-electron chi connectivity index (χ1n) is 6.64. The summed E-state index contributed by atoms with van der Waals surface area (Å²) in [6.45, 7) is 5.71. The monoisotopic (exact) mass is 269 g/mol. The van der Waals surface area contributed by atoms with Crippen molar-refractivity contribution in [3.63, 3.8) is 0 Å². The standard InChI is InChI=1S/C15H19N5/c1-11-8-12(2)20(19-11)7-3-6-18-15-5-4-14(17)9-13(15)10-16/h4-5,8-9,18H,3,6-7,17H2,1-2H3. The van der Waals surface area contributed by atoms with Crippen LogP contribution >= 0.6 is 0 Å². The average molecular weight is 269 g/mol. The fourth-order valence-corrected chi connectivity index (χ4v) is 2.16. The summed E-state index contributed by atoms with van der Waals surface area (Å²) >= 11 is 0. The molecule has 104 valence electrons. The third-order valence-electron chi connectivity index (χ3n) is 3.13. The van der Waals surface area contributed by atoms with Crippen LogP contribution in [0.5, 0.6) is 0 Å². The van der Waals surface area contributed by atoms with Crippen LogP contribution in [0.4, 0.5) is 11.4 Å². The summed E-state index contributed by atoms with van der Waals surface area (Å²) in [6.07, 6.45) is 0.942. The first-order chi connectivity index (χ1) is 9.60. The molecule has 1 heterocycles. The van der Waals surface area contributed by atoms with Crippen molar-refractivity contribution in [2.24, 2.45) is 0 Å². The Balaban J connectivity index is 1.88. The minimum atomic E-state index is 0.580. The first-order valence-corrected chi connectivity index (χ1v) is 6.64. The minimum Gasteiger partial charge on any atom is -0.399 e. The number of benzene rings is 1. The van der Waals surface area contributed by atoms with Gasteiger partial charge in [-0.2, -0.15) is 10.4 Å². The molecule has 0 aliphatic carbocycles. The first kappa shape index (κ1) is 13.9. The summed E-state index contributed by atoms with van der Waals surface area (Å²) in [4.78, 5) is 0. The van der Waals surface area contributed by atoms with Crippen LogP contribution in [0.2, 0.25) is 0 Å². The Morgan fingerprint density at radius 3 is 2.80 bits per heavy atom. The van der Waals surface area contributed by atoms with E-state index in [0.717, 1.165) is 30.9 Å². The van der Waals surface area contributed by atoms with Gasteiger partial charge in [-0.3, -0.25) is 4.68 Å². The van der Waals surface area contributed by atoms with Crippen molar-refractivity contribution in [2.45, 2.75) is 26.8 Å². The van der Waals surface area contributed by atoms with Gasteiger partial charge in [0, 0.05) is 24.5 Å². The molecular formula is C15H19N5. The second-order valence-electron chi connectivity index (χ2n) is 4.85. The number of nitriles is 1. The number of nitrogens with zero attached hydrogens (tertiary/aromatic N) is 3. The number of aromatic nitrogens is 2. The lowest BCUT2D eigenvalue weighted by Crippen LogP contribution is -2.09. The molecule has 0 saturated carbocycles. The van der Waals surface area contributed by atoms with E-state index in [1.807, 2.05) is 17.7 Å². The Morgan fingerprint density at radius 2 is 2.15 bits per heavy atom. The van der Waals surface area contributed by atoms with Crippen LogP contribution in [0.3, 0.4) is 0 Å². The molecule has 2 rings (SSSR count). The number of nitrogens with one attached hydrogen (secondary N) is 1. The van der Waals surface area contributed by atoms with Gasteiger partial charge in [-0.15, -0.1) is 0 Å². The quantitative estimate of drug-likeness (QED) is 0.645. The number of nitrogen functional groups attached to an aromatic ring is 1. The zero-order valence-corrected chi connectivity index (χ0v) is 11.8. The van der Waals surface area contributed by atoms with Gasteiger partial charge in [-0.1, -0.05) is 0 Å². The van der Waals surface area contributed by atoms with Crippen molar-refractivity contribution in [3.8, 4) is 6.07 Å². The van der Waals surface area contributed by atoms with Gasteiger partial charge in [0.2, 0.25) is 0 Å². The zero-order chi connectivity index (χ0) is 14.5. The van der Waals surface area contributed by atoms with E-state index in [1.165, 1.54) is 5.69 Å². The van der Waals surface area contributed by atoms with E-state index in [4.69, 9.17) is 11.0 Å². The smallest absolute Gasteiger partial charge is 0.101 e. The summed E-state index contributed by atoms with van der Waals surface area (Å²) in [5, 5.41) is 16.7. The van der Waals surface area contributed by atoms with Crippen LogP contribution in [0, 0.1) is 25.2 Å². The molecule has 5 nitrogen and oxygen atoms in total. The molecule has 1 aromatic carbocycles. The summed E-state index contributed by atoms with van der Waals surface area (Å²) in [5.74, 6) is 0. The predicted molar refractivity (Wildman–Crippen MR) is 80.4 cm³/mol. The second kappa shape index (κ2) is 6.11. The number of anilines is 2. The molecule has 0 radical (unpaired) electrons. The van der Waals surface area contributed by atoms with Crippen molar-refractivity contribution < 1.29 is 0 Å². The van der Waals surface area contributed by atoms with Crippen LogP contribution in [-0.4, -0.2) is 16.3 Å². The van der Waals surface area contributed by atoms with Crippen LogP contribution < -0.4 is 11.1 Å². The van der Waals surface area contributed by atoms with Crippen LogP contribution in [0.25, 0.3) is 0 Å². The molecule has 0 bridgehead atoms. The molecule has 5 heteroatoms. The molecule has 0 saturated heterocycles. The maximum atomic E-state index is 9.06. The molecule has 20 heavy (non-hydrogen) atoms. The highest BCUT2D eigenvalue weighted by Crippen LogP contribution is 2.17. The van der Waals surface area contributed by atoms with Gasteiger partial charge >= 0.3 is 0 Å². The fourth-order valence-electron chi connectivity index (χ4n) is 2.16. The Hall–Kier alpha value is -2.48. The molecule has 2 aromatic rings. The van der Waals surface area contributed by atoms with Crippen molar-refractivity contribution >= 4 is 11.4 Å². The fraction of sp³-hybridized carbons (Fsp3) is 0.333. The minimum absolute atomic E-state index is 0.580. The molecule has 0 atom stereocenters. The van der Waals surface area contributed by atoms with Gasteiger partial charge in [-0.05, 0) is 44.5 Å². The zero-order valence-electron chi connectivity index (χ0n) is 11.8. The normalized spacial score (nSPS) is 10.2. The van der Waals surface area contributed by atoms with Gasteiger partial charge in [0.15, 0.2) is 0 Å². The van der Waals surface area contributed by atoms with Crippen LogP contribution in [0.15, 0.2) is 24.3 Å². The number of nitrogens with two attached hydrogens (primary N) is 1. The van der Waals surface area contributed by atoms with E-state index in [2.05, 4.69) is 29.5 Å². The third kappa shape index (κ3) is 3.29. The van der Waals surface area contributed by atoms with Crippen molar-refractivity contribution in [1.29, 1.82) is 5.26 Å². The largest absolute Gasteiger partial charge is 0.399 e. The summed E-state index contributed by atoms with van der Waals surface area (Å²) in [5.41, 5.74) is 9.89. The molecule has 1 aromatic heterocycles. The van der Waals surface area contributed by atoms with Gasteiger partial charge < -0.3 is 11.1 Å². The van der Waals surface area contributed by atoms with Gasteiger partial charge in [0.05, 0.1) is 16.9 Å². The van der Waals surface area contributed by atoms with Crippen molar-refractivity contribution in [1.82, 2.24) is 9.78 Å². The Morgan fingerprint density at radius 1 is 1.35 bits per heavy atom. The maximum Gasteiger partial charge on any atom is 0.101 e. The molecular weight excluding hydrogens is 250 g/mol. The third-order valence-corrected chi connectivity index (χ3v) is 3.13. The molecule has 0 aliphatic rings. The number of rotatable bonds is 5. The van der Waals surface area contributed by atoms with E-state index >= 15 is 0 Å². The molecule has 3 N–H and O–H groups in total. The van der Waals surface area contributed by atoms with E-state index in [-0.39, 0.29) is 0 Å². The van der Waals surface area contributed by atoms with E-state index in [1.54, 1.807) is 12.1 Å². The van der Waals surface area contributed by atoms with Crippen molar-refractivity contribution in [2.75, 3.05) is 17.6 Å². The maximum absolute atomic E-state index is 9.06.